The van der Waals surface area contributed by atoms with E-state index in [9.17, 15) is 4.79 Å². The second-order valence-electron chi connectivity index (χ2n) is 6.94. The Bertz CT molecular complexity index is 726. The summed E-state index contributed by atoms with van der Waals surface area (Å²) >= 11 is 6.15. The van der Waals surface area contributed by atoms with Gasteiger partial charge in [0.15, 0.2) is 0 Å². The van der Waals surface area contributed by atoms with Crippen LogP contribution in [0.2, 0.25) is 5.02 Å². The Hall–Kier alpha value is -1.90. The first-order chi connectivity index (χ1) is 12.6. The van der Waals surface area contributed by atoms with Crippen LogP contribution >= 0.6 is 11.6 Å². The van der Waals surface area contributed by atoms with E-state index < -0.39 is 0 Å². The van der Waals surface area contributed by atoms with Gasteiger partial charge in [0.2, 0.25) is 0 Å². The number of rotatable bonds is 4. The minimum absolute atomic E-state index is 0.158. The molecule has 6 heteroatoms. The van der Waals surface area contributed by atoms with Crippen molar-refractivity contribution in [3.05, 3.63) is 22.7 Å². The SMILES string of the molecule is CCC#CCOc1cc(N)c(Cl)cc1C(=O)NC1CCN2CCC[C@@H]1C2. The lowest BCUT2D eigenvalue weighted by atomic mass is 9.85. The Kier molecular flexibility index (Phi) is 6.29. The molecule has 3 atom stereocenters. The normalized spacial score (nSPS) is 24.3. The number of piperidine rings is 2. The van der Waals surface area contributed by atoms with Crippen LogP contribution in [0.3, 0.4) is 0 Å². The molecule has 3 rings (SSSR count). The Morgan fingerprint density at radius 2 is 2.23 bits per heavy atom. The number of benzene rings is 1. The molecule has 1 aromatic carbocycles. The first-order valence-corrected chi connectivity index (χ1v) is 9.67. The smallest absolute Gasteiger partial charge is 0.255 e. The van der Waals surface area contributed by atoms with Crippen molar-refractivity contribution in [2.75, 3.05) is 32.0 Å². The van der Waals surface area contributed by atoms with Gasteiger partial charge in [0.1, 0.15) is 12.4 Å². The maximum absolute atomic E-state index is 12.9. The summed E-state index contributed by atoms with van der Waals surface area (Å²) in [7, 11) is 0. The Balaban J connectivity index is 1.73. The van der Waals surface area contributed by atoms with Crippen molar-refractivity contribution in [3.63, 3.8) is 0 Å². The number of anilines is 1. The number of nitrogens with two attached hydrogens (primary N) is 1. The predicted molar refractivity (Wildman–Crippen MR) is 104 cm³/mol. The molecular formula is C20H26ClN3O2. The van der Waals surface area contributed by atoms with Gasteiger partial charge in [-0.1, -0.05) is 24.4 Å². The summed E-state index contributed by atoms with van der Waals surface area (Å²) in [5, 5.41) is 3.55. The standard InChI is InChI=1S/C20H26ClN3O2/c1-2-3-4-10-26-19-12-17(22)16(21)11-15(19)20(25)23-18-7-9-24-8-5-6-14(18)13-24/h11-12,14,18H,2,5-10,13,22H2,1H3,(H,23,25)/t14-,18?/m1/s1. The van der Waals surface area contributed by atoms with E-state index >= 15 is 0 Å². The molecule has 1 amide bonds. The van der Waals surface area contributed by atoms with Crippen molar-refractivity contribution in [2.45, 2.75) is 38.6 Å². The van der Waals surface area contributed by atoms with Crippen LogP contribution in [0, 0.1) is 17.8 Å². The van der Waals surface area contributed by atoms with Gasteiger partial charge in [-0.3, -0.25) is 4.79 Å². The summed E-state index contributed by atoms with van der Waals surface area (Å²) in [6.07, 6.45) is 4.12. The average molecular weight is 376 g/mol. The molecule has 0 aromatic heterocycles. The highest BCUT2D eigenvalue weighted by Crippen LogP contribution is 2.31. The third-order valence-electron chi connectivity index (χ3n) is 5.13. The van der Waals surface area contributed by atoms with Crippen molar-refractivity contribution >= 4 is 23.2 Å². The molecule has 2 bridgehead atoms. The van der Waals surface area contributed by atoms with Gasteiger partial charge in [-0.15, -0.1) is 5.92 Å². The summed E-state index contributed by atoms with van der Waals surface area (Å²) < 4.78 is 5.69. The Morgan fingerprint density at radius 1 is 1.38 bits per heavy atom. The Labute approximate surface area is 160 Å². The van der Waals surface area contributed by atoms with E-state index in [0.717, 1.165) is 25.9 Å². The summed E-state index contributed by atoms with van der Waals surface area (Å²) in [6.45, 7) is 5.49. The number of ether oxygens (including phenoxy) is 1. The van der Waals surface area contributed by atoms with Crippen molar-refractivity contribution in [1.82, 2.24) is 10.2 Å². The number of nitrogens with one attached hydrogen (secondary N) is 1. The summed E-state index contributed by atoms with van der Waals surface area (Å²) in [5.41, 5.74) is 6.69. The van der Waals surface area contributed by atoms with E-state index in [0.29, 0.717) is 27.9 Å². The molecule has 2 unspecified atom stereocenters. The number of amides is 1. The minimum Gasteiger partial charge on any atom is -0.480 e. The molecule has 5 nitrogen and oxygen atoms in total. The molecule has 0 spiro atoms. The van der Waals surface area contributed by atoms with Gasteiger partial charge < -0.3 is 20.7 Å². The van der Waals surface area contributed by atoms with Crippen LogP contribution in [-0.4, -0.2) is 43.1 Å². The van der Waals surface area contributed by atoms with Gasteiger partial charge in [0.05, 0.1) is 16.3 Å². The lowest BCUT2D eigenvalue weighted by Gasteiger charge is -2.42. The Morgan fingerprint density at radius 3 is 3.04 bits per heavy atom. The molecule has 2 heterocycles. The monoisotopic (exact) mass is 375 g/mol. The van der Waals surface area contributed by atoms with Crippen LogP contribution in [0.4, 0.5) is 5.69 Å². The highest BCUT2D eigenvalue weighted by Gasteiger charge is 2.33. The van der Waals surface area contributed by atoms with Crippen LogP contribution in [0.5, 0.6) is 5.75 Å². The van der Waals surface area contributed by atoms with Crippen LogP contribution < -0.4 is 15.8 Å². The number of halogens is 1. The highest BCUT2D eigenvalue weighted by atomic mass is 35.5. The highest BCUT2D eigenvalue weighted by molar-refractivity contribution is 6.33. The van der Waals surface area contributed by atoms with Crippen LogP contribution in [0.25, 0.3) is 0 Å². The number of carbonyl (C=O) groups excluding carboxylic acids is 1. The molecule has 2 saturated heterocycles. The van der Waals surface area contributed by atoms with Gasteiger partial charge in [0.25, 0.3) is 5.91 Å². The van der Waals surface area contributed by atoms with E-state index in [1.807, 2.05) is 6.92 Å². The van der Waals surface area contributed by atoms with Crippen molar-refractivity contribution in [3.8, 4) is 17.6 Å². The lowest BCUT2D eigenvalue weighted by Crippen LogP contribution is -2.53. The molecule has 3 N–H and O–H groups in total. The quantitative estimate of drug-likeness (QED) is 0.627. The van der Waals surface area contributed by atoms with Gasteiger partial charge in [-0.05, 0) is 37.8 Å². The predicted octanol–water partition coefficient (Wildman–Crippen LogP) is 2.93. The van der Waals surface area contributed by atoms with E-state index in [4.69, 9.17) is 22.1 Å². The molecular weight excluding hydrogens is 350 g/mol. The van der Waals surface area contributed by atoms with E-state index in [-0.39, 0.29) is 18.6 Å². The van der Waals surface area contributed by atoms with Gasteiger partial charge in [-0.25, -0.2) is 0 Å². The van der Waals surface area contributed by atoms with Crippen molar-refractivity contribution < 1.29 is 9.53 Å². The van der Waals surface area contributed by atoms with Gasteiger partial charge >= 0.3 is 0 Å². The second kappa shape index (κ2) is 8.66. The fourth-order valence-corrected chi connectivity index (χ4v) is 3.94. The summed E-state index contributed by atoms with van der Waals surface area (Å²) in [5.74, 6) is 6.64. The molecule has 2 aliphatic rings. The number of nitrogens with zero attached hydrogens (tertiary/aromatic N) is 1. The molecule has 26 heavy (non-hydrogen) atoms. The summed E-state index contributed by atoms with van der Waals surface area (Å²) in [6, 6.07) is 3.39. The first-order valence-electron chi connectivity index (χ1n) is 9.29. The van der Waals surface area contributed by atoms with Crippen molar-refractivity contribution in [1.29, 1.82) is 0 Å². The topological polar surface area (TPSA) is 67.6 Å². The van der Waals surface area contributed by atoms with E-state index in [1.165, 1.54) is 19.4 Å². The largest absolute Gasteiger partial charge is 0.480 e. The molecule has 0 aliphatic carbocycles. The molecule has 0 saturated carbocycles. The van der Waals surface area contributed by atoms with Crippen LogP contribution in [0.15, 0.2) is 12.1 Å². The number of fused-ring (bicyclic) bond motifs is 2. The number of carbonyl (C=O) groups is 1. The zero-order valence-corrected chi connectivity index (χ0v) is 15.9. The molecule has 2 aliphatic heterocycles. The molecule has 2 fully saturated rings. The maximum Gasteiger partial charge on any atom is 0.255 e. The van der Waals surface area contributed by atoms with Crippen molar-refractivity contribution in [2.24, 2.45) is 5.92 Å². The van der Waals surface area contributed by atoms with Gasteiger partial charge in [-0.2, -0.15) is 0 Å². The average Bonchev–Trinajstić information content (AvgIpc) is 2.64. The zero-order valence-electron chi connectivity index (χ0n) is 15.2. The molecule has 1 aromatic rings. The van der Waals surface area contributed by atoms with E-state index in [1.54, 1.807) is 12.1 Å². The van der Waals surface area contributed by atoms with Crippen LogP contribution in [0.1, 0.15) is 43.0 Å². The fourth-order valence-electron chi connectivity index (χ4n) is 3.77. The molecule has 140 valence electrons. The number of nitrogen functional groups attached to an aromatic ring is 1. The lowest BCUT2D eigenvalue weighted by molar-refractivity contribution is 0.0736. The fraction of sp³-hybridized carbons (Fsp3) is 0.550. The number of hydrogen-bond acceptors (Lipinski definition) is 4. The first kappa shape index (κ1) is 18.9. The number of hydrogen-bond donors (Lipinski definition) is 2. The van der Waals surface area contributed by atoms with E-state index in [2.05, 4.69) is 22.1 Å². The minimum atomic E-state index is -0.158. The van der Waals surface area contributed by atoms with Gasteiger partial charge in [0, 0.05) is 31.6 Å². The third kappa shape index (κ3) is 4.44. The third-order valence-corrected chi connectivity index (χ3v) is 5.46. The second-order valence-corrected chi connectivity index (χ2v) is 7.34. The maximum atomic E-state index is 12.9. The van der Waals surface area contributed by atoms with Crippen LogP contribution in [-0.2, 0) is 0 Å². The summed E-state index contributed by atoms with van der Waals surface area (Å²) in [4.78, 5) is 15.4. The molecule has 0 radical (unpaired) electrons. The zero-order chi connectivity index (χ0) is 18.5.